The minimum absolute atomic E-state index is 0.198. The van der Waals surface area contributed by atoms with E-state index in [1.54, 1.807) is 6.08 Å². The molecule has 9 nitrogen and oxygen atoms in total. The first kappa shape index (κ1) is 48.6. The van der Waals surface area contributed by atoms with Crippen molar-refractivity contribution in [3.05, 3.63) is 72.9 Å². The van der Waals surface area contributed by atoms with Crippen LogP contribution in [0.25, 0.3) is 0 Å². The Hall–Kier alpha value is -2.37. The summed E-state index contributed by atoms with van der Waals surface area (Å²) in [5.41, 5.74) is 0. The molecule has 0 bridgehead atoms. The molecule has 0 radical (unpaired) electrons. The maximum absolute atomic E-state index is 12.7. The molecule has 1 fully saturated rings. The lowest BCUT2D eigenvalue weighted by Gasteiger charge is -2.40. The molecule has 1 saturated heterocycles. The van der Waals surface area contributed by atoms with E-state index in [0.717, 1.165) is 64.2 Å². The van der Waals surface area contributed by atoms with Crippen molar-refractivity contribution in [1.82, 2.24) is 5.32 Å². The summed E-state index contributed by atoms with van der Waals surface area (Å²) in [6.45, 7) is 3.41. The van der Waals surface area contributed by atoms with Crippen LogP contribution in [0.1, 0.15) is 142 Å². The molecule has 0 aromatic rings. The average molecular weight is 746 g/mol. The standard InChI is InChI=1S/C44H75NO8/c1-3-5-7-8-9-10-11-12-13-14-15-16-17-18-19-20-21-22-23-24-25-26-27-28-29-30-32-34-40(48)45-37(38(47)33-31-6-4-2)36-52-44-43(51)42(50)41(49)39(35-46)53-44/h5,7,9-10,12-13,15-16,18-19,31,33,37-39,41-44,46-47,49-51H,3-4,6,8,11,14,17,20-30,32,34-36H2,1-2H3,(H,45,48)/b7-5-,10-9-,13-12-,16-15-,19-18-,33-31+. The van der Waals surface area contributed by atoms with Gasteiger partial charge in [-0.05, 0) is 57.8 Å². The van der Waals surface area contributed by atoms with Gasteiger partial charge in [-0.15, -0.1) is 0 Å². The van der Waals surface area contributed by atoms with Crippen LogP contribution in [0.15, 0.2) is 72.9 Å². The summed E-state index contributed by atoms with van der Waals surface area (Å²) >= 11 is 0. The summed E-state index contributed by atoms with van der Waals surface area (Å²) < 4.78 is 11.0. The van der Waals surface area contributed by atoms with Gasteiger partial charge in [0.15, 0.2) is 6.29 Å². The molecular formula is C44H75NO8. The number of aliphatic hydroxyl groups excluding tert-OH is 5. The summed E-state index contributed by atoms with van der Waals surface area (Å²) in [7, 11) is 0. The van der Waals surface area contributed by atoms with Crippen LogP contribution in [-0.4, -0.2) is 87.5 Å². The van der Waals surface area contributed by atoms with Crippen molar-refractivity contribution in [1.29, 1.82) is 0 Å². The predicted molar refractivity (Wildman–Crippen MR) is 216 cm³/mol. The topological polar surface area (TPSA) is 149 Å². The molecule has 0 saturated carbocycles. The molecule has 1 aliphatic heterocycles. The van der Waals surface area contributed by atoms with Gasteiger partial charge < -0.3 is 40.3 Å². The molecule has 0 aromatic carbocycles. The highest BCUT2D eigenvalue weighted by atomic mass is 16.7. The van der Waals surface area contributed by atoms with E-state index in [4.69, 9.17) is 9.47 Å². The van der Waals surface area contributed by atoms with Crippen LogP contribution in [0.4, 0.5) is 0 Å². The van der Waals surface area contributed by atoms with E-state index in [9.17, 15) is 30.3 Å². The Bertz CT molecular complexity index is 1050. The van der Waals surface area contributed by atoms with Gasteiger partial charge in [0.2, 0.25) is 5.91 Å². The zero-order valence-corrected chi connectivity index (χ0v) is 33.0. The third-order valence-electron chi connectivity index (χ3n) is 9.27. The number of hydrogen-bond acceptors (Lipinski definition) is 8. The van der Waals surface area contributed by atoms with Crippen LogP contribution >= 0.6 is 0 Å². The molecule has 1 amide bonds. The van der Waals surface area contributed by atoms with Gasteiger partial charge in [0.25, 0.3) is 0 Å². The number of hydrogen-bond donors (Lipinski definition) is 6. The Kier molecular flexibility index (Phi) is 31.3. The highest BCUT2D eigenvalue weighted by Crippen LogP contribution is 2.22. The third kappa shape index (κ3) is 25.4. The Morgan fingerprint density at radius 2 is 1.17 bits per heavy atom. The van der Waals surface area contributed by atoms with E-state index in [2.05, 4.69) is 73.0 Å². The van der Waals surface area contributed by atoms with Crippen LogP contribution in [-0.2, 0) is 14.3 Å². The van der Waals surface area contributed by atoms with Crippen molar-refractivity contribution in [2.45, 2.75) is 185 Å². The van der Waals surface area contributed by atoms with Crippen molar-refractivity contribution >= 4 is 5.91 Å². The van der Waals surface area contributed by atoms with Gasteiger partial charge in [0.1, 0.15) is 24.4 Å². The van der Waals surface area contributed by atoms with Crippen LogP contribution in [0.2, 0.25) is 0 Å². The van der Waals surface area contributed by atoms with E-state index in [0.29, 0.717) is 6.42 Å². The molecule has 9 heteroatoms. The lowest BCUT2D eigenvalue weighted by molar-refractivity contribution is -0.302. The Balaban J connectivity index is 2.10. The molecule has 53 heavy (non-hydrogen) atoms. The molecule has 1 heterocycles. The smallest absolute Gasteiger partial charge is 0.220 e. The second kappa shape index (κ2) is 34.1. The van der Waals surface area contributed by atoms with Gasteiger partial charge >= 0.3 is 0 Å². The molecule has 7 unspecified atom stereocenters. The van der Waals surface area contributed by atoms with E-state index < -0.39 is 49.5 Å². The average Bonchev–Trinajstić information content (AvgIpc) is 3.15. The minimum atomic E-state index is -1.57. The van der Waals surface area contributed by atoms with Crippen LogP contribution < -0.4 is 5.32 Å². The van der Waals surface area contributed by atoms with Gasteiger partial charge in [-0.25, -0.2) is 0 Å². The molecule has 6 N–H and O–H groups in total. The molecule has 1 aliphatic rings. The Morgan fingerprint density at radius 3 is 1.70 bits per heavy atom. The van der Waals surface area contributed by atoms with E-state index in [1.165, 1.54) is 57.8 Å². The van der Waals surface area contributed by atoms with Crippen molar-refractivity contribution in [2.24, 2.45) is 0 Å². The lowest BCUT2D eigenvalue weighted by Crippen LogP contribution is -2.60. The quantitative estimate of drug-likeness (QED) is 0.0302. The SMILES string of the molecule is CC/C=C\C/C=C\C/C=C\C/C=C\C/C=C\CCCCCCCCCCCCCC(=O)NC(COC1OC(CO)C(O)C(O)C1O)C(O)/C=C/CCC. The van der Waals surface area contributed by atoms with Gasteiger partial charge in [-0.2, -0.15) is 0 Å². The maximum Gasteiger partial charge on any atom is 0.220 e. The monoisotopic (exact) mass is 746 g/mol. The fraction of sp³-hybridized carbons (Fsp3) is 0.705. The Morgan fingerprint density at radius 1 is 0.660 bits per heavy atom. The summed E-state index contributed by atoms with van der Waals surface area (Å²) in [6.07, 6.45) is 39.0. The molecule has 304 valence electrons. The second-order valence-corrected chi connectivity index (χ2v) is 14.0. The number of carbonyl (C=O) groups excluding carboxylic acids is 1. The number of carbonyl (C=O) groups is 1. The maximum atomic E-state index is 12.7. The molecular weight excluding hydrogens is 670 g/mol. The number of allylic oxidation sites excluding steroid dienone is 11. The molecule has 7 atom stereocenters. The summed E-state index contributed by atoms with van der Waals surface area (Å²) in [5, 5.41) is 53.3. The number of amides is 1. The first-order valence-corrected chi connectivity index (χ1v) is 20.7. The number of aliphatic hydroxyl groups is 5. The fourth-order valence-electron chi connectivity index (χ4n) is 5.95. The first-order chi connectivity index (χ1) is 25.8. The molecule has 1 rings (SSSR count). The third-order valence-corrected chi connectivity index (χ3v) is 9.27. The minimum Gasteiger partial charge on any atom is -0.394 e. The Labute approximate surface area is 321 Å². The second-order valence-electron chi connectivity index (χ2n) is 14.0. The highest BCUT2D eigenvalue weighted by Gasteiger charge is 2.44. The lowest BCUT2D eigenvalue weighted by atomic mass is 9.99. The number of nitrogens with one attached hydrogen (secondary N) is 1. The zero-order chi connectivity index (χ0) is 38.8. The van der Waals surface area contributed by atoms with Crippen molar-refractivity contribution in [2.75, 3.05) is 13.2 Å². The van der Waals surface area contributed by atoms with E-state index in [-0.39, 0.29) is 12.5 Å². The van der Waals surface area contributed by atoms with Gasteiger partial charge in [-0.1, -0.05) is 151 Å². The van der Waals surface area contributed by atoms with Gasteiger partial charge in [-0.3, -0.25) is 4.79 Å². The van der Waals surface area contributed by atoms with Crippen LogP contribution in [0.5, 0.6) is 0 Å². The fourth-order valence-corrected chi connectivity index (χ4v) is 5.95. The zero-order valence-electron chi connectivity index (χ0n) is 33.0. The van der Waals surface area contributed by atoms with Crippen LogP contribution in [0, 0.1) is 0 Å². The number of unbranched alkanes of at least 4 members (excludes halogenated alkanes) is 12. The number of ether oxygens (including phenoxy) is 2. The van der Waals surface area contributed by atoms with Crippen molar-refractivity contribution < 1.29 is 39.8 Å². The molecule has 0 aromatic heterocycles. The number of rotatable bonds is 32. The normalized spacial score (nSPS) is 22.4. The van der Waals surface area contributed by atoms with Crippen molar-refractivity contribution in [3.63, 3.8) is 0 Å². The summed E-state index contributed by atoms with van der Waals surface area (Å²) in [5.74, 6) is -0.198. The predicted octanol–water partition coefficient (Wildman–Crippen LogP) is 7.83. The largest absolute Gasteiger partial charge is 0.394 e. The van der Waals surface area contributed by atoms with E-state index in [1.807, 2.05) is 13.0 Å². The van der Waals surface area contributed by atoms with E-state index >= 15 is 0 Å². The first-order valence-electron chi connectivity index (χ1n) is 20.7. The van der Waals surface area contributed by atoms with Gasteiger partial charge in [0.05, 0.1) is 25.4 Å². The summed E-state index contributed by atoms with van der Waals surface area (Å²) in [6, 6.07) is -0.805. The molecule has 0 aliphatic carbocycles. The van der Waals surface area contributed by atoms with Crippen molar-refractivity contribution in [3.8, 4) is 0 Å². The van der Waals surface area contributed by atoms with Gasteiger partial charge in [0, 0.05) is 6.42 Å². The highest BCUT2D eigenvalue weighted by molar-refractivity contribution is 5.76. The van der Waals surface area contributed by atoms with Crippen LogP contribution in [0.3, 0.4) is 0 Å². The summed E-state index contributed by atoms with van der Waals surface area (Å²) in [4.78, 5) is 12.7. The molecule has 0 spiro atoms.